The number of halogens is 5. The quantitative estimate of drug-likeness (QED) is 0.556. The summed E-state index contributed by atoms with van der Waals surface area (Å²) in [5.74, 6) is 0. The maximum atomic E-state index is 11.2. The van der Waals surface area contributed by atoms with Gasteiger partial charge in [-0.25, -0.2) is 0 Å². The second-order valence-corrected chi connectivity index (χ2v) is 1.53. The third-order valence-corrected chi connectivity index (χ3v) is 0.639. The van der Waals surface area contributed by atoms with Gasteiger partial charge < -0.3 is 10.2 Å². The van der Waals surface area contributed by atoms with Crippen molar-refractivity contribution in [2.24, 2.45) is 0 Å². The van der Waals surface area contributed by atoms with E-state index in [4.69, 9.17) is 10.2 Å². The summed E-state index contributed by atoms with van der Waals surface area (Å²) < 4.78 is 55.6. The molecule has 0 rings (SSSR count). The summed E-state index contributed by atoms with van der Waals surface area (Å²) in [5.41, 5.74) is 0. The number of alkyl halides is 5. The zero-order valence-electron chi connectivity index (χ0n) is 4.36. The summed E-state index contributed by atoms with van der Waals surface area (Å²) in [6.45, 7) is 0. The molecular weight excluding hydrogens is 163 g/mol. The first-order chi connectivity index (χ1) is 4.15. The van der Waals surface area contributed by atoms with E-state index in [1.54, 1.807) is 0 Å². The molecule has 1 unspecified atom stereocenters. The average Bonchev–Trinajstić information content (AvgIpc) is 1.59. The van der Waals surface area contributed by atoms with Crippen molar-refractivity contribution in [3.63, 3.8) is 0 Å². The van der Waals surface area contributed by atoms with E-state index in [2.05, 4.69) is 0 Å². The van der Waals surface area contributed by atoms with Crippen LogP contribution in [-0.2, 0) is 0 Å². The molecule has 0 aliphatic carbocycles. The molecule has 0 radical (unpaired) electrons. The van der Waals surface area contributed by atoms with Gasteiger partial charge in [-0.3, -0.25) is 0 Å². The van der Waals surface area contributed by atoms with E-state index in [0.717, 1.165) is 0 Å². The highest BCUT2D eigenvalue weighted by Gasteiger charge is 2.54. The van der Waals surface area contributed by atoms with Gasteiger partial charge in [0.2, 0.25) is 6.10 Å². The molecule has 0 fully saturated rings. The Morgan fingerprint density at radius 3 is 1.30 bits per heavy atom. The van der Waals surface area contributed by atoms with Gasteiger partial charge in [0.15, 0.2) is 0 Å². The maximum Gasteiger partial charge on any atom is 0.423 e. The molecule has 0 spiro atoms. The van der Waals surface area contributed by atoms with Crippen LogP contribution in [0.15, 0.2) is 0 Å². The topological polar surface area (TPSA) is 40.5 Å². The van der Waals surface area contributed by atoms with Crippen molar-refractivity contribution in [2.75, 3.05) is 0 Å². The van der Waals surface area contributed by atoms with Crippen LogP contribution in [0.2, 0.25) is 0 Å². The second kappa shape index (κ2) is 2.31. The third kappa shape index (κ3) is 2.44. The molecule has 0 aliphatic heterocycles. The number of hydrogen-bond donors (Lipinski definition) is 2. The van der Waals surface area contributed by atoms with E-state index in [-0.39, 0.29) is 0 Å². The van der Waals surface area contributed by atoms with E-state index in [9.17, 15) is 22.0 Å². The molecular formula is C3H3F5O2. The maximum absolute atomic E-state index is 11.2. The number of aliphatic hydroxyl groups excluding tert-OH is 1. The molecule has 0 aromatic carbocycles. The smallest absolute Gasteiger partial charge is 0.377 e. The van der Waals surface area contributed by atoms with Crippen molar-refractivity contribution in [3.8, 4) is 0 Å². The molecule has 0 saturated heterocycles. The van der Waals surface area contributed by atoms with Crippen molar-refractivity contribution < 1.29 is 32.2 Å². The van der Waals surface area contributed by atoms with Gasteiger partial charge in [-0.2, -0.15) is 22.0 Å². The predicted molar refractivity (Wildman–Crippen MR) is 19.2 cm³/mol. The van der Waals surface area contributed by atoms with E-state index < -0.39 is 18.4 Å². The normalized spacial score (nSPS) is 17.1. The molecule has 0 aromatic rings. The Bertz CT molecular complexity index is 99.0. The standard InChI is InChI=1S/C3H3F5O2/c4-2(5,6)1(9)3(7,8)10/h1,9-10H. The van der Waals surface area contributed by atoms with Crippen LogP contribution >= 0.6 is 0 Å². The Morgan fingerprint density at radius 2 is 1.30 bits per heavy atom. The van der Waals surface area contributed by atoms with E-state index in [1.165, 1.54) is 0 Å². The van der Waals surface area contributed by atoms with Crippen LogP contribution in [-0.4, -0.2) is 28.6 Å². The van der Waals surface area contributed by atoms with Crippen molar-refractivity contribution >= 4 is 0 Å². The lowest BCUT2D eigenvalue weighted by Gasteiger charge is -2.18. The zero-order chi connectivity index (χ0) is 8.58. The largest absolute Gasteiger partial charge is 0.423 e. The van der Waals surface area contributed by atoms with Crippen molar-refractivity contribution in [2.45, 2.75) is 18.4 Å². The number of hydrogen-bond acceptors (Lipinski definition) is 2. The van der Waals surface area contributed by atoms with Gasteiger partial charge >= 0.3 is 12.3 Å². The van der Waals surface area contributed by atoms with Crippen LogP contribution in [0.1, 0.15) is 0 Å². The Labute approximate surface area is 51.9 Å². The Morgan fingerprint density at radius 1 is 1.00 bits per heavy atom. The van der Waals surface area contributed by atoms with Gasteiger partial charge in [0.1, 0.15) is 0 Å². The van der Waals surface area contributed by atoms with Gasteiger partial charge in [0, 0.05) is 0 Å². The van der Waals surface area contributed by atoms with E-state index in [0.29, 0.717) is 0 Å². The second-order valence-electron chi connectivity index (χ2n) is 1.53. The Hall–Kier alpha value is -0.430. The summed E-state index contributed by atoms with van der Waals surface area (Å²) in [6, 6.07) is 0. The van der Waals surface area contributed by atoms with E-state index >= 15 is 0 Å². The molecule has 0 heterocycles. The first-order valence-electron chi connectivity index (χ1n) is 2.00. The average molecular weight is 166 g/mol. The highest BCUT2D eigenvalue weighted by Crippen LogP contribution is 2.29. The van der Waals surface area contributed by atoms with Crippen LogP contribution in [0.25, 0.3) is 0 Å². The summed E-state index contributed by atoms with van der Waals surface area (Å²) in [6.07, 6.45) is -14.6. The van der Waals surface area contributed by atoms with Crippen molar-refractivity contribution in [1.82, 2.24) is 0 Å². The third-order valence-electron chi connectivity index (χ3n) is 0.639. The van der Waals surface area contributed by atoms with Crippen LogP contribution in [0.5, 0.6) is 0 Å². The van der Waals surface area contributed by atoms with Crippen molar-refractivity contribution in [1.29, 1.82) is 0 Å². The molecule has 62 valence electrons. The lowest BCUT2D eigenvalue weighted by Crippen LogP contribution is -2.44. The molecule has 0 aliphatic rings. The molecule has 0 bridgehead atoms. The summed E-state index contributed by atoms with van der Waals surface area (Å²) in [5, 5.41) is 14.9. The fourth-order valence-corrected chi connectivity index (χ4v) is 0.197. The fourth-order valence-electron chi connectivity index (χ4n) is 0.197. The first kappa shape index (κ1) is 9.57. The minimum Gasteiger partial charge on any atom is -0.377 e. The molecule has 7 heteroatoms. The number of rotatable bonds is 1. The first-order valence-corrected chi connectivity index (χ1v) is 2.00. The van der Waals surface area contributed by atoms with Gasteiger partial charge in [-0.15, -0.1) is 0 Å². The highest BCUT2D eigenvalue weighted by atomic mass is 19.4. The van der Waals surface area contributed by atoms with Gasteiger partial charge in [0.25, 0.3) is 0 Å². The van der Waals surface area contributed by atoms with Crippen LogP contribution in [0.4, 0.5) is 22.0 Å². The monoisotopic (exact) mass is 166 g/mol. The molecule has 0 amide bonds. The number of aliphatic hydroxyl groups is 2. The van der Waals surface area contributed by atoms with Gasteiger partial charge in [-0.1, -0.05) is 0 Å². The molecule has 2 N–H and O–H groups in total. The Balaban J connectivity index is 4.23. The lowest BCUT2D eigenvalue weighted by molar-refractivity contribution is -0.337. The lowest BCUT2D eigenvalue weighted by atomic mass is 10.3. The van der Waals surface area contributed by atoms with Gasteiger partial charge in [0.05, 0.1) is 0 Å². The molecule has 1 atom stereocenters. The highest BCUT2D eigenvalue weighted by molar-refractivity contribution is 4.72. The molecule has 10 heavy (non-hydrogen) atoms. The van der Waals surface area contributed by atoms with Crippen LogP contribution in [0.3, 0.4) is 0 Å². The molecule has 2 nitrogen and oxygen atoms in total. The summed E-state index contributed by atoms with van der Waals surface area (Å²) in [7, 11) is 0. The fraction of sp³-hybridized carbons (Fsp3) is 1.00. The van der Waals surface area contributed by atoms with Crippen LogP contribution in [0, 0.1) is 0 Å². The summed E-state index contributed by atoms with van der Waals surface area (Å²) in [4.78, 5) is 0. The predicted octanol–water partition coefficient (Wildman–Crippen LogP) is 0.495. The van der Waals surface area contributed by atoms with E-state index in [1.807, 2.05) is 0 Å². The van der Waals surface area contributed by atoms with Crippen LogP contribution < -0.4 is 0 Å². The zero-order valence-corrected chi connectivity index (χ0v) is 4.36. The SMILES string of the molecule is OC(C(O)(F)F)C(F)(F)F. The minimum absolute atomic E-state index is 4.01. The summed E-state index contributed by atoms with van der Waals surface area (Å²) >= 11 is 0. The van der Waals surface area contributed by atoms with Crippen molar-refractivity contribution in [3.05, 3.63) is 0 Å². The Kier molecular flexibility index (Phi) is 2.21. The van der Waals surface area contributed by atoms with Gasteiger partial charge in [-0.05, 0) is 0 Å². The molecule has 0 aromatic heterocycles. The minimum atomic E-state index is -5.50. The molecule has 0 saturated carbocycles.